The Morgan fingerprint density at radius 2 is 2.41 bits per heavy atom. The molecule has 0 saturated carbocycles. The van der Waals surface area contributed by atoms with Crippen molar-refractivity contribution >= 4 is 22.9 Å². The summed E-state index contributed by atoms with van der Waals surface area (Å²) in [5, 5.41) is 9.24. The van der Waals surface area contributed by atoms with Gasteiger partial charge in [-0.25, -0.2) is 4.79 Å². The number of nitrogens with zero attached hydrogens (tertiary/aromatic N) is 3. The maximum atomic E-state index is 11.8. The zero-order valence-corrected chi connectivity index (χ0v) is 11.0. The van der Waals surface area contributed by atoms with Crippen molar-refractivity contribution in [2.45, 2.75) is 32.2 Å². The summed E-state index contributed by atoms with van der Waals surface area (Å²) in [6.07, 6.45) is 6.43. The Kier molecular flexibility index (Phi) is 5.84. The van der Waals surface area contributed by atoms with E-state index < -0.39 is 0 Å². The molecule has 0 aromatic rings. The third-order valence-corrected chi connectivity index (χ3v) is 3.33. The molecule has 1 heterocycles. The van der Waals surface area contributed by atoms with Gasteiger partial charge in [-0.2, -0.15) is 5.26 Å². The van der Waals surface area contributed by atoms with Gasteiger partial charge in [0.15, 0.2) is 5.17 Å². The maximum absolute atomic E-state index is 11.8. The molecule has 1 aliphatic heterocycles. The van der Waals surface area contributed by atoms with Gasteiger partial charge in [0.05, 0.1) is 6.61 Å². The minimum absolute atomic E-state index is 0.216. The highest BCUT2D eigenvalue weighted by Crippen LogP contribution is 2.21. The molecular formula is C11H17N3O2S. The predicted molar refractivity (Wildman–Crippen MR) is 67.5 cm³/mol. The second kappa shape index (κ2) is 7.17. The van der Waals surface area contributed by atoms with E-state index in [9.17, 15) is 4.79 Å². The molecule has 0 amide bonds. The SMILES string of the molecule is CCOC(=O)C1CCCCN1C(=NC#N)SC. The van der Waals surface area contributed by atoms with E-state index in [1.165, 1.54) is 11.8 Å². The number of ether oxygens (including phenoxy) is 1. The van der Waals surface area contributed by atoms with Crippen LogP contribution in [0.1, 0.15) is 26.2 Å². The van der Waals surface area contributed by atoms with Gasteiger partial charge in [0, 0.05) is 6.54 Å². The molecule has 6 heteroatoms. The first-order valence-electron chi connectivity index (χ1n) is 5.68. The number of carbonyl (C=O) groups is 1. The van der Waals surface area contributed by atoms with Gasteiger partial charge in [0.1, 0.15) is 6.04 Å². The highest BCUT2D eigenvalue weighted by Gasteiger charge is 2.31. The van der Waals surface area contributed by atoms with Crippen molar-refractivity contribution in [1.82, 2.24) is 4.90 Å². The number of aliphatic imine (C=N–C) groups is 1. The number of rotatable bonds is 2. The number of likely N-dealkylation sites (tertiary alicyclic amines) is 1. The number of hydrogen-bond donors (Lipinski definition) is 0. The summed E-state index contributed by atoms with van der Waals surface area (Å²) in [5.74, 6) is -0.216. The summed E-state index contributed by atoms with van der Waals surface area (Å²) in [6.45, 7) is 2.93. The van der Waals surface area contributed by atoms with Crippen LogP contribution in [0, 0.1) is 11.5 Å². The first kappa shape index (κ1) is 13.8. The van der Waals surface area contributed by atoms with Gasteiger partial charge >= 0.3 is 5.97 Å². The lowest BCUT2D eigenvalue weighted by Crippen LogP contribution is -2.47. The lowest BCUT2D eigenvalue weighted by molar-refractivity contribution is -0.148. The Bertz CT molecular complexity index is 338. The summed E-state index contributed by atoms with van der Waals surface area (Å²) >= 11 is 1.39. The van der Waals surface area contributed by atoms with E-state index in [4.69, 9.17) is 10.00 Å². The van der Waals surface area contributed by atoms with Crippen molar-refractivity contribution in [1.29, 1.82) is 5.26 Å². The van der Waals surface area contributed by atoms with Crippen molar-refractivity contribution in [2.75, 3.05) is 19.4 Å². The molecule has 0 radical (unpaired) electrons. The molecule has 0 bridgehead atoms. The number of hydrogen-bond acceptors (Lipinski definition) is 5. The van der Waals surface area contributed by atoms with Gasteiger partial charge in [-0.3, -0.25) is 0 Å². The second-order valence-corrected chi connectivity index (χ2v) is 4.43. The van der Waals surface area contributed by atoms with E-state index in [1.807, 2.05) is 11.2 Å². The summed E-state index contributed by atoms with van der Waals surface area (Å²) < 4.78 is 5.06. The van der Waals surface area contributed by atoms with Crippen molar-refractivity contribution in [2.24, 2.45) is 4.99 Å². The van der Waals surface area contributed by atoms with Gasteiger partial charge in [-0.1, -0.05) is 11.8 Å². The van der Waals surface area contributed by atoms with Gasteiger partial charge in [0.2, 0.25) is 6.19 Å². The van der Waals surface area contributed by atoms with Crippen LogP contribution in [0.25, 0.3) is 0 Å². The summed E-state index contributed by atoms with van der Waals surface area (Å²) in [7, 11) is 0. The number of piperidine rings is 1. The molecule has 0 aliphatic carbocycles. The van der Waals surface area contributed by atoms with Crippen LogP contribution in [0.5, 0.6) is 0 Å². The van der Waals surface area contributed by atoms with Crippen molar-refractivity contribution in [3.8, 4) is 6.19 Å². The smallest absolute Gasteiger partial charge is 0.328 e. The number of esters is 1. The molecule has 1 fully saturated rings. The third kappa shape index (κ3) is 3.63. The summed E-state index contributed by atoms with van der Waals surface area (Å²) in [5.41, 5.74) is 0. The average Bonchev–Trinajstić information content (AvgIpc) is 2.36. The normalized spacial score (nSPS) is 20.9. The Morgan fingerprint density at radius 3 is 3.00 bits per heavy atom. The maximum Gasteiger partial charge on any atom is 0.328 e. The third-order valence-electron chi connectivity index (χ3n) is 2.64. The van der Waals surface area contributed by atoms with Gasteiger partial charge in [-0.15, -0.1) is 4.99 Å². The molecule has 1 unspecified atom stereocenters. The van der Waals surface area contributed by atoms with Crippen LogP contribution in [0.3, 0.4) is 0 Å². The largest absolute Gasteiger partial charge is 0.464 e. The Balaban J connectivity index is 2.82. The summed E-state index contributed by atoms with van der Waals surface area (Å²) in [4.78, 5) is 17.5. The minimum atomic E-state index is -0.289. The van der Waals surface area contributed by atoms with E-state index in [1.54, 1.807) is 13.1 Å². The molecular weight excluding hydrogens is 238 g/mol. The van der Waals surface area contributed by atoms with E-state index in [0.717, 1.165) is 25.8 Å². The monoisotopic (exact) mass is 255 g/mol. The average molecular weight is 255 g/mol. The highest BCUT2D eigenvalue weighted by molar-refractivity contribution is 8.13. The van der Waals surface area contributed by atoms with E-state index in [2.05, 4.69) is 4.99 Å². The van der Waals surface area contributed by atoms with E-state index >= 15 is 0 Å². The van der Waals surface area contributed by atoms with Crippen molar-refractivity contribution < 1.29 is 9.53 Å². The topological polar surface area (TPSA) is 65.7 Å². The molecule has 0 aromatic carbocycles. The molecule has 17 heavy (non-hydrogen) atoms. The zero-order chi connectivity index (χ0) is 12.7. The number of carbonyl (C=O) groups excluding carboxylic acids is 1. The molecule has 1 rings (SSSR count). The quantitative estimate of drug-likeness (QED) is 0.324. The van der Waals surface area contributed by atoms with Crippen LogP contribution in [0.15, 0.2) is 4.99 Å². The van der Waals surface area contributed by atoms with Gasteiger partial charge < -0.3 is 9.64 Å². The fraction of sp³-hybridized carbons (Fsp3) is 0.727. The lowest BCUT2D eigenvalue weighted by atomic mass is 10.0. The fourth-order valence-electron chi connectivity index (χ4n) is 1.91. The molecule has 94 valence electrons. The number of thioether (sulfide) groups is 1. The molecule has 0 aromatic heterocycles. The number of amidine groups is 1. The predicted octanol–water partition coefficient (Wildman–Crippen LogP) is 1.60. The second-order valence-electron chi connectivity index (χ2n) is 3.66. The van der Waals surface area contributed by atoms with Crippen LogP contribution in [-0.4, -0.2) is 41.5 Å². The standard InChI is InChI=1S/C11H17N3O2S/c1-3-16-10(15)9-6-4-5-7-14(9)11(17-2)13-8-12/h9H,3-7H2,1-2H3. The van der Waals surface area contributed by atoms with Crippen LogP contribution < -0.4 is 0 Å². The first-order valence-corrected chi connectivity index (χ1v) is 6.91. The van der Waals surface area contributed by atoms with Crippen LogP contribution in [0.2, 0.25) is 0 Å². The first-order chi connectivity index (χ1) is 8.24. The Labute approximate surface area is 106 Å². The molecule has 1 aliphatic rings. The highest BCUT2D eigenvalue weighted by atomic mass is 32.2. The number of nitriles is 1. The van der Waals surface area contributed by atoms with Crippen LogP contribution in [-0.2, 0) is 9.53 Å². The zero-order valence-electron chi connectivity index (χ0n) is 10.2. The minimum Gasteiger partial charge on any atom is -0.464 e. The van der Waals surface area contributed by atoms with E-state index in [-0.39, 0.29) is 12.0 Å². The Morgan fingerprint density at radius 1 is 1.65 bits per heavy atom. The van der Waals surface area contributed by atoms with Crippen LogP contribution >= 0.6 is 11.8 Å². The molecule has 1 atom stereocenters. The van der Waals surface area contributed by atoms with Crippen molar-refractivity contribution in [3.63, 3.8) is 0 Å². The molecule has 5 nitrogen and oxygen atoms in total. The molecule has 0 N–H and O–H groups in total. The molecule has 1 saturated heterocycles. The van der Waals surface area contributed by atoms with Crippen LogP contribution in [0.4, 0.5) is 0 Å². The van der Waals surface area contributed by atoms with Gasteiger partial charge in [0.25, 0.3) is 0 Å². The fourth-order valence-corrected chi connectivity index (χ4v) is 2.50. The van der Waals surface area contributed by atoms with Crippen molar-refractivity contribution in [3.05, 3.63) is 0 Å². The summed E-state index contributed by atoms with van der Waals surface area (Å²) in [6, 6.07) is -0.289. The van der Waals surface area contributed by atoms with Gasteiger partial charge in [-0.05, 0) is 32.4 Å². The Hall–Kier alpha value is -1.22. The lowest BCUT2D eigenvalue weighted by Gasteiger charge is -2.35. The molecule has 0 spiro atoms. The van der Waals surface area contributed by atoms with E-state index in [0.29, 0.717) is 11.8 Å².